The molecule has 4 nitrogen and oxygen atoms in total. The van der Waals surface area contributed by atoms with Crippen LogP contribution in [0.25, 0.3) is 0 Å². The van der Waals surface area contributed by atoms with Gasteiger partial charge in [-0.25, -0.2) is 4.98 Å². The molecule has 0 aromatic carbocycles. The molecule has 1 N–H and O–H groups in total. The second-order valence-corrected chi connectivity index (χ2v) is 7.17. The zero-order chi connectivity index (χ0) is 16.6. The fourth-order valence-corrected chi connectivity index (χ4v) is 3.94. The molecular formula is C19H23N3OS. The van der Waals surface area contributed by atoms with Gasteiger partial charge in [-0.15, -0.1) is 11.8 Å². The molecule has 0 aliphatic heterocycles. The highest BCUT2D eigenvalue weighted by molar-refractivity contribution is 7.99. The van der Waals surface area contributed by atoms with E-state index in [0.717, 1.165) is 35.7 Å². The summed E-state index contributed by atoms with van der Waals surface area (Å²) in [5, 5.41) is 3.99. The van der Waals surface area contributed by atoms with Gasteiger partial charge in [-0.3, -0.25) is 9.78 Å². The first kappa shape index (κ1) is 17.0. The number of carbonyl (C=O) groups is 1. The Bertz CT molecular complexity index is 657. The molecule has 0 atom stereocenters. The Hall–Kier alpha value is -1.88. The standard InChI is InChI=1S/C19H23N3OS/c23-18(22-16-8-2-1-3-9-16)17-10-6-13-21-19(17)24-14-11-15-7-4-5-12-20-15/h4-7,10,12-13,16H,1-3,8-9,11,14H2,(H,22,23). The zero-order valence-electron chi connectivity index (χ0n) is 13.8. The minimum absolute atomic E-state index is 0.00957. The van der Waals surface area contributed by atoms with Gasteiger partial charge in [-0.2, -0.15) is 0 Å². The Morgan fingerprint density at radius 2 is 1.92 bits per heavy atom. The number of thioether (sulfide) groups is 1. The third kappa shape index (κ3) is 4.81. The van der Waals surface area contributed by atoms with E-state index in [9.17, 15) is 4.79 Å². The SMILES string of the molecule is O=C(NC1CCCCC1)c1cccnc1SCCc1ccccn1. The number of carbonyl (C=O) groups excluding carboxylic acids is 1. The lowest BCUT2D eigenvalue weighted by Gasteiger charge is -2.23. The Morgan fingerprint density at radius 3 is 2.71 bits per heavy atom. The summed E-state index contributed by atoms with van der Waals surface area (Å²) < 4.78 is 0. The van der Waals surface area contributed by atoms with Crippen molar-refractivity contribution in [3.63, 3.8) is 0 Å². The molecular weight excluding hydrogens is 318 g/mol. The van der Waals surface area contributed by atoms with Crippen molar-refractivity contribution in [1.82, 2.24) is 15.3 Å². The quantitative estimate of drug-likeness (QED) is 0.810. The lowest BCUT2D eigenvalue weighted by Crippen LogP contribution is -2.36. The number of amides is 1. The minimum Gasteiger partial charge on any atom is -0.349 e. The van der Waals surface area contributed by atoms with E-state index in [1.807, 2.05) is 36.5 Å². The number of nitrogens with zero attached hydrogens (tertiary/aromatic N) is 2. The first-order valence-electron chi connectivity index (χ1n) is 8.61. The van der Waals surface area contributed by atoms with E-state index in [1.165, 1.54) is 19.3 Å². The highest BCUT2D eigenvalue weighted by atomic mass is 32.2. The fourth-order valence-electron chi connectivity index (χ4n) is 2.99. The van der Waals surface area contributed by atoms with Gasteiger partial charge in [-0.05, 0) is 43.5 Å². The van der Waals surface area contributed by atoms with Crippen molar-refractivity contribution >= 4 is 17.7 Å². The van der Waals surface area contributed by atoms with Crippen molar-refractivity contribution in [2.45, 2.75) is 49.6 Å². The molecule has 0 spiro atoms. The van der Waals surface area contributed by atoms with Gasteiger partial charge in [-0.1, -0.05) is 25.3 Å². The van der Waals surface area contributed by atoms with Gasteiger partial charge in [0.25, 0.3) is 5.91 Å². The summed E-state index contributed by atoms with van der Waals surface area (Å²) in [6.45, 7) is 0. The molecule has 126 valence electrons. The van der Waals surface area contributed by atoms with E-state index >= 15 is 0 Å². The van der Waals surface area contributed by atoms with Gasteiger partial charge in [0.15, 0.2) is 0 Å². The average molecular weight is 341 g/mol. The molecule has 0 bridgehead atoms. The van der Waals surface area contributed by atoms with Crippen LogP contribution in [0.1, 0.15) is 48.2 Å². The highest BCUT2D eigenvalue weighted by Crippen LogP contribution is 2.22. The maximum absolute atomic E-state index is 12.6. The lowest BCUT2D eigenvalue weighted by atomic mass is 9.95. The van der Waals surface area contributed by atoms with Gasteiger partial charge < -0.3 is 5.32 Å². The summed E-state index contributed by atoms with van der Waals surface area (Å²) in [5.74, 6) is 0.868. The molecule has 5 heteroatoms. The van der Waals surface area contributed by atoms with Crippen LogP contribution in [0, 0.1) is 0 Å². The van der Waals surface area contributed by atoms with Gasteiger partial charge in [0.1, 0.15) is 5.03 Å². The van der Waals surface area contributed by atoms with Crippen LogP contribution in [-0.4, -0.2) is 27.7 Å². The minimum atomic E-state index is 0.00957. The van der Waals surface area contributed by atoms with E-state index < -0.39 is 0 Å². The molecule has 2 aromatic heterocycles. The Kier molecular flexibility index (Phi) is 6.24. The van der Waals surface area contributed by atoms with Crippen LogP contribution in [0.2, 0.25) is 0 Å². The van der Waals surface area contributed by atoms with Crippen molar-refractivity contribution in [3.05, 3.63) is 54.0 Å². The predicted octanol–water partition coefficient (Wildman–Crippen LogP) is 3.87. The average Bonchev–Trinajstić information content (AvgIpc) is 2.64. The van der Waals surface area contributed by atoms with Crippen LogP contribution >= 0.6 is 11.8 Å². The number of nitrogens with one attached hydrogen (secondary N) is 1. The van der Waals surface area contributed by atoms with Crippen molar-refractivity contribution in [2.75, 3.05) is 5.75 Å². The van der Waals surface area contributed by atoms with Gasteiger partial charge in [0.2, 0.25) is 0 Å². The lowest BCUT2D eigenvalue weighted by molar-refractivity contribution is 0.0924. The summed E-state index contributed by atoms with van der Waals surface area (Å²) in [4.78, 5) is 21.3. The third-order valence-electron chi connectivity index (χ3n) is 4.28. The molecule has 1 aliphatic rings. The van der Waals surface area contributed by atoms with Crippen LogP contribution in [0.4, 0.5) is 0 Å². The van der Waals surface area contributed by atoms with Gasteiger partial charge >= 0.3 is 0 Å². The molecule has 2 heterocycles. The summed E-state index contributed by atoms with van der Waals surface area (Å²) >= 11 is 1.62. The van der Waals surface area contributed by atoms with E-state index in [1.54, 1.807) is 18.0 Å². The smallest absolute Gasteiger partial charge is 0.254 e. The monoisotopic (exact) mass is 341 g/mol. The van der Waals surface area contributed by atoms with Crippen LogP contribution in [-0.2, 0) is 6.42 Å². The first-order chi connectivity index (χ1) is 11.8. The summed E-state index contributed by atoms with van der Waals surface area (Å²) in [5.41, 5.74) is 1.75. The predicted molar refractivity (Wildman–Crippen MR) is 97.2 cm³/mol. The molecule has 1 amide bonds. The molecule has 1 saturated carbocycles. The molecule has 0 unspecified atom stereocenters. The van der Waals surface area contributed by atoms with E-state index in [0.29, 0.717) is 11.6 Å². The van der Waals surface area contributed by atoms with Crippen LogP contribution in [0.15, 0.2) is 47.8 Å². The molecule has 24 heavy (non-hydrogen) atoms. The van der Waals surface area contributed by atoms with Crippen molar-refractivity contribution in [1.29, 1.82) is 0 Å². The van der Waals surface area contributed by atoms with E-state index in [4.69, 9.17) is 0 Å². The maximum atomic E-state index is 12.6. The zero-order valence-corrected chi connectivity index (χ0v) is 14.6. The largest absolute Gasteiger partial charge is 0.349 e. The molecule has 2 aromatic rings. The first-order valence-corrected chi connectivity index (χ1v) is 9.60. The normalized spacial score (nSPS) is 15.2. The number of rotatable bonds is 6. The van der Waals surface area contributed by atoms with Crippen molar-refractivity contribution < 1.29 is 4.79 Å². The highest BCUT2D eigenvalue weighted by Gasteiger charge is 2.19. The molecule has 1 fully saturated rings. The second kappa shape index (κ2) is 8.83. The number of aromatic nitrogens is 2. The Morgan fingerprint density at radius 1 is 1.08 bits per heavy atom. The number of aryl methyl sites for hydroxylation is 1. The number of hydrogen-bond donors (Lipinski definition) is 1. The fraction of sp³-hybridized carbons (Fsp3) is 0.421. The summed E-state index contributed by atoms with van der Waals surface area (Å²) in [6.07, 6.45) is 10.3. The Balaban J connectivity index is 1.58. The maximum Gasteiger partial charge on any atom is 0.254 e. The summed E-state index contributed by atoms with van der Waals surface area (Å²) in [6, 6.07) is 9.96. The molecule has 0 saturated heterocycles. The number of pyridine rings is 2. The Labute approximate surface area is 147 Å². The van der Waals surface area contributed by atoms with Gasteiger partial charge in [0, 0.05) is 29.9 Å². The third-order valence-corrected chi connectivity index (χ3v) is 5.29. The van der Waals surface area contributed by atoms with Crippen molar-refractivity contribution in [2.24, 2.45) is 0 Å². The van der Waals surface area contributed by atoms with E-state index in [-0.39, 0.29) is 5.91 Å². The topological polar surface area (TPSA) is 54.9 Å². The van der Waals surface area contributed by atoms with Crippen LogP contribution in [0.5, 0.6) is 0 Å². The molecule has 3 rings (SSSR count). The van der Waals surface area contributed by atoms with Crippen LogP contribution < -0.4 is 5.32 Å². The molecule has 0 radical (unpaired) electrons. The molecule has 1 aliphatic carbocycles. The second-order valence-electron chi connectivity index (χ2n) is 6.08. The number of hydrogen-bond acceptors (Lipinski definition) is 4. The van der Waals surface area contributed by atoms with Crippen molar-refractivity contribution in [3.8, 4) is 0 Å². The van der Waals surface area contributed by atoms with Gasteiger partial charge in [0.05, 0.1) is 5.56 Å². The summed E-state index contributed by atoms with van der Waals surface area (Å²) in [7, 11) is 0. The van der Waals surface area contributed by atoms with E-state index in [2.05, 4.69) is 15.3 Å². The van der Waals surface area contributed by atoms with Crippen LogP contribution in [0.3, 0.4) is 0 Å².